The summed E-state index contributed by atoms with van der Waals surface area (Å²) in [5, 5.41) is 3.10. The lowest BCUT2D eigenvalue weighted by atomic mass is 10.1. The molecular formula is C16H18FN5O3S. The molecule has 138 valence electrons. The Bertz CT molecular complexity index is 872. The number of nitrogens with zero attached hydrogens (tertiary/aromatic N) is 3. The van der Waals surface area contributed by atoms with Gasteiger partial charge in [0.1, 0.15) is 10.7 Å². The standard InChI is InChI=1S/C16H18FN5O3S/c17-13-4-1-2-5-14(13)26(24,25)20-9-6-15(23)22-10-12(11-22)21-16-18-7-3-8-19-16/h1-5,7-8,12,20H,6,9-11H2,(H,18,19,21). The van der Waals surface area contributed by atoms with Gasteiger partial charge in [-0.2, -0.15) is 0 Å². The minimum Gasteiger partial charge on any atom is -0.348 e. The first-order valence-electron chi connectivity index (χ1n) is 8.01. The first-order valence-corrected chi connectivity index (χ1v) is 9.49. The van der Waals surface area contributed by atoms with Gasteiger partial charge in [0.2, 0.25) is 21.9 Å². The van der Waals surface area contributed by atoms with Gasteiger partial charge >= 0.3 is 0 Å². The monoisotopic (exact) mass is 379 g/mol. The van der Waals surface area contributed by atoms with Crippen molar-refractivity contribution in [2.75, 3.05) is 25.0 Å². The topological polar surface area (TPSA) is 104 Å². The maximum atomic E-state index is 13.6. The number of carbonyl (C=O) groups excluding carboxylic acids is 1. The number of aromatic nitrogens is 2. The molecule has 2 N–H and O–H groups in total. The van der Waals surface area contributed by atoms with Crippen molar-refractivity contribution in [3.05, 3.63) is 48.5 Å². The van der Waals surface area contributed by atoms with Crippen LogP contribution in [0.1, 0.15) is 6.42 Å². The lowest BCUT2D eigenvalue weighted by Crippen LogP contribution is -2.57. The van der Waals surface area contributed by atoms with Crippen molar-refractivity contribution in [1.29, 1.82) is 0 Å². The molecule has 0 saturated carbocycles. The number of sulfonamides is 1. The Morgan fingerprint density at radius 2 is 1.88 bits per heavy atom. The van der Waals surface area contributed by atoms with Crippen LogP contribution in [0.15, 0.2) is 47.6 Å². The molecule has 2 heterocycles. The first kappa shape index (κ1) is 18.2. The third-order valence-electron chi connectivity index (χ3n) is 3.89. The molecule has 1 aromatic heterocycles. The van der Waals surface area contributed by atoms with Crippen LogP contribution in [0.5, 0.6) is 0 Å². The summed E-state index contributed by atoms with van der Waals surface area (Å²) in [6, 6.07) is 6.88. The summed E-state index contributed by atoms with van der Waals surface area (Å²) in [5.74, 6) is -0.498. The summed E-state index contributed by atoms with van der Waals surface area (Å²) in [6.45, 7) is 0.903. The summed E-state index contributed by atoms with van der Waals surface area (Å²) in [5.41, 5.74) is 0. The molecule has 1 aliphatic heterocycles. The molecule has 0 bridgehead atoms. The van der Waals surface area contributed by atoms with E-state index in [1.165, 1.54) is 18.2 Å². The van der Waals surface area contributed by atoms with Gasteiger partial charge in [-0.25, -0.2) is 27.5 Å². The Balaban J connectivity index is 1.42. The molecule has 10 heteroatoms. The highest BCUT2D eigenvalue weighted by Crippen LogP contribution is 2.15. The summed E-state index contributed by atoms with van der Waals surface area (Å²) in [4.78, 5) is 21.4. The highest BCUT2D eigenvalue weighted by Gasteiger charge is 2.30. The SMILES string of the molecule is O=C(CCNS(=O)(=O)c1ccccc1F)N1CC(Nc2ncccn2)C1. The van der Waals surface area contributed by atoms with Gasteiger partial charge in [0, 0.05) is 38.4 Å². The van der Waals surface area contributed by atoms with E-state index in [1.807, 2.05) is 0 Å². The van der Waals surface area contributed by atoms with Gasteiger partial charge < -0.3 is 10.2 Å². The number of anilines is 1. The van der Waals surface area contributed by atoms with E-state index in [9.17, 15) is 17.6 Å². The van der Waals surface area contributed by atoms with Gasteiger partial charge in [-0.3, -0.25) is 4.79 Å². The molecule has 0 spiro atoms. The quantitative estimate of drug-likeness (QED) is 0.730. The van der Waals surface area contributed by atoms with E-state index in [0.717, 1.165) is 6.07 Å². The highest BCUT2D eigenvalue weighted by atomic mass is 32.2. The lowest BCUT2D eigenvalue weighted by Gasteiger charge is -2.39. The highest BCUT2D eigenvalue weighted by molar-refractivity contribution is 7.89. The normalized spacial score (nSPS) is 14.7. The zero-order valence-electron chi connectivity index (χ0n) is 13.8. The number of likely N-dealkylation sites (tertiary alicyclic amines) is 1. The molecule has 1 aromatic carbocycles. The molecule has 8 nitrogen and oxygen atoms in total. The van der Waals surface area contributed by atoms with E-state index in [-0.39, 0.29) is 24.9 Å². The third-order valence-corrected chi connectivity index (χ3v) is 5.38. The maximum Gasteiger partial charge on any atom is 0.243 e. The second kappa shape index (κ2) is 7.75. The van der Waals surface area contributed by atoms with Crippen molar-refractivity contribution in [1.82, 2.24) is 19.6 Å². The van der Waals surface area contributed by atoms with Crippen LogP contribution in [0.3, 0.4) is 0 Å². The predicted molar refractivity (Wildman–Crippen MR) is 92.2 cm³/mol. The van der Waals surface area contributed by atoms with Gasteiger partial charge in [-0.05, 0) is 18.2 Å². The number of rotatable bonds is 7. The molecular weight excluding hydrogens is 361 g/mol. The van der Waals surface area contributed by atoms with Crippen LogP contribution >= 0.6 is 0 Å². The number of nitrogens with one attached hydrogen (secondary N) is 2. The molecule has 0 unspecified atom stereocenters. The van der Waals surface area contributed by atoms with E-state index < -0.39 is 20.7 Å². The number of carbonyl (C=O) groups is 1. The summed E-state index contributed by atoms with van der Waals surface area (Å²) in [7, 11) is -3.98. The Labute approximate surface area is 150 Å². The molecule has 1 amide bonds. The fourth-order valence-electron chi connectivity index (χ4n) is 2.52. The van der Waals surface area contributed by atoms with Gasteiger partial charge in [-0.1, -0.05) is 12.1 Å². The van der Waals surface area contributed by atoms with Crippen LogP contribution in [0.25, 0.3) is 0 Å². The largest absolute Gasteiger partial charge is 0.348 e. The van der Waals surface area contributed by atoms with Crippen LogP contribution in [-0.4, -0.2) is 54.9 Å². The van der Waals surface area contributed by atoms with Crippen LogP contribution in [-0.2, 0) is 14.8 Å². The fraction of sp³-hybridized carbons (Fsp3) is 0.312. The Morgan fingerprint density at radius 1 is 1.19 bits per heavy atom. The van der Waals surface area contributed by atoms with E-state index in [4.69, 9.17) is 0 Å². The Morgan fingerprint density at radius 3 is 2.58 bits per heavy atom. The number of hydrogen-bond acceptors (Lipinski definition) is 6. The van der Waals surface area contributed by atoms with E-state index in [2.05, 4.69) is 20.0 Å². The average Bonchev–Trinajstić information content (AvgIpc) is 2.58. The zero-order chi connectivity index (χ0) is 18.6. The molecule has 1 saturated heterocycles. The molecule has 26 heavy (non-hydrogen) atoms. The predicted octanol–water partition coefficient (Wildman–Crippen LogP) is 0.607. The first-order chi connectivity index (χ1) is 12.5. The number of halogens is 1. The Kier molecular flexibility index (Phi) is 5.43. The summed E-state index contributed by atoms with van der Waals surface area (Å²) < 4.78 is 39.9. The molecule has 0 atom stereocenters. The number of benzene rings is 1. The molecule has 2 aromatic rings. The molecule has 1 aliphatic rings. The molecule has 0 radical (unpaired) electrons. The maximum absolute atomic E-state index is 13.6. The zero-order valence-corrected chi connectivity index (χ0v) is 14.6. The van der Waals surface area contributed by atoms with Gasteiger partial charge in [0.05, 0.1) is 6.04 Å². The van der Waals surface area contributed by atoms with Gasteiger partial charge in [-0.15, -0.1) is 0 Å². The smallest absolute Gasteiger partial charge is 0.243 e. The van der Waals surface area contributed by atoms with Crippen molar-refractivity contribution in [3.63, 3.8) is 0 Å². The minimum atomic E-state index is -3.98. The van der Waals surface area contributed by atoms with Crippen molar-refractivity contribution in [3.8, 4) is 0 Å². The van der Waals surface area contributed by atoms with E-state index in [0.29, 0.717) is 19.0 Å². The third kappa shape index (κ3) is 4.33. The van der Waals surface area contributed by atoms with E-state index >= 15 is 0 Å². The van der Waals surface area contributed by atoms with Gasteiger partial charge in [0.15, 0.2) is 0 Å². The van der Waals surface area contributed by atoms with Crippen molar-refractivity contribution in [2.24, 2.45) is 0 Å². The lowest BCUT2D eigenvalue weighted by molar-refractivity contribution is -0.134. The van der Waals surface area contributed by atoms with E-state index in [1.54, 1.807) is 23.4 Å². The second-order valence-electron chi connectivity index (χ2n) is 5.79. The molecule has 0 aliphatic carbocycles. The van der Waals surface area contributed by atoms with Crippen LogP contribution in [0, 0.1) is 5.82 Å². The van der Waals surface area contributed by atoms with Crippen LogP contribution in [0.2, 0.25) is 0 Å². The number of amides is 1. The molecule has 3 rings (SSSR count). The Hall–Kier alpha value is -2.59. The second-order valence-corrected chi connectivity index (χ2v) is 7.53. The number of hydrogen-bond donors (Lipinski definition) is 2. The van der Waals surface area contributed by atoms with Crippen LogP contribution < -0.4 is 10.0 Å². The minimum absolute atomic E-state index is 0.00222. The molecule has 1 fully saturated rings. The van der Waals surface area contributed by atoms with Gasteiger partial charge in [0.25, 0.3) is 0 Å². The fourth-order valence-corrected chi connectivity index (χ4v) is 3.63. The van der Waals surface area contributed by atoms with Crippen molar-refractivity contribution in [2.45, 2.75) is 17.4 Å². The van der Waals surface area contributed by atoms with Crippen LogP contribution in [0.4, 0.5) is 10.3 Å². The summed E-state index contributed by atoms with van der Waals surface area (Å²) >= 11 is 0. The van der Waals surface area contributed by atoms with Crippen molar-refractivity contribution >= 4 is 21.9 Å². The summed E-state index contributed by atoms with van der Waals surface area (Å²) in [6.07, 6.45) is 3.25. The average molecular weight is 379 g/mol. The van der Waals surface area contributed by atoms with Crippen molar-refractivity contribution < 1.29 is 17.6 Å².